The summed E-state index contributed by atoms with van der Waals surface area (Å²) in [6.07, 6.45) is 0. The molecule has 10 heavy (non-hydrogen) atoms. The van der Waals surface area contributed by atoms with Gasteiger partial charge in [0, 0.05) is 0 Å². The molecule has 0 radical (unpaired) electrons. The third kappa shape index (κ3) is 2.47. The minimum Gasteiger partial charge on any atom is -0.872 e. The number of rotatable bonds is 1. The minimum absolute atomic E-state index is 0. The van der Waals surface area contributed by atoms with Gasteiger partial charge in [-0.25, -0.2) is 0 Å². The van der Waals surface area contributed by atoms with Crippen molar-refractivity contribution in [3.63, 3.8) is 0 Å². The summed E-state index contributed by atoms with van der Waals surface area (Å²) in [5.41, 5.74) is 0.287. The summed E-state index contributed by atoms with van der Waals surface area (Å²) in [7, 11) is 0. The van der Waals surface area contributed by atoms with Gasteiger partial charge in [-0.2, -0.15) is 0 Å². The molecule has 0 unspecified atom stereocenters. The Labute approximate surface area is 80.3 Å². The average molecular weight is 145 g/mol. The Balaban J connectivity index is 0.000000810. The van der Waals surface area contributed by atoms with Crippen LogP contribution >= 0.6 is 0 Å². The summed E-state index contributed by atoms with van der Waals surface area (Å²) in [4.78, 5) is 9.77. The molecule has 1 rings (SSSR count). The van der Waals surface area contributed by atoms with Gasteiger partial charge >= 0.3 is 29.6 Å². The number of nitrogens with zero attached hydrogens (tertiary/aromatic N) is 1. The zero-order valence-electron chi connectivity index (χ0n) is 5.57. The molecule has 1 aromatic carbocycles. The van der Waals surface area contributed by atoms with E-state index in [1.807, 2.05) is 0 Å². The third-order valence-corrected chi connectivity index (χ3v) is 0.942. The molecule has 0 saturated heterocycles. The van der Waals surface area contributed by atoms with Gasteiger partial charge in [0.2, 0.25) is 0 Å². The van der Waals surface area contributed by atoms with Gasteiger partial charge in [0.15, 0.2) is 0 Å². The number of nitroso groups, excluding NO2 is 1. The molecule has 0 aromatic heterocycles. The number of hydrogen-bond donors (Lipinski definition) is 0. The van der Waals surface area contributed by atoms with Crippen molar-refractivity contribution in [1.29, 1.82) is 0 Å². The molecule has 0 spiro atoms. The van der Waals surface area contributed by atoms with E-state index in [-0.39, 0.29) is 41.0 Å². The Morgan fingerprint density at radius 2 is 1.70 bits per heavy atom. The summed E-state index contributed by atoms with van der Waals surface area (Å²) in [6, 6.07) is 5.37. The van der Waals surface area contributed by atoms with Crippen LogP contribution in [0.4, 0.5) is 5.69 Å². The van der Waals surface area contributed by atoms with Gasteiger partial charge in [-0.05, 0) is 17.3 Å². The van der Waals surface area contributed by atoms with Crippen molar-refractivity contribution in [2.75, 3.05) is 0 Å². The van der Waals surface area contributed by atoms with Crippen molar-refractivity contribution in [3.8, 4) is 5.75 Å². The van der Waals surface area contributed by atoms with E-state index in [0.29, 0.717) is 0 Å². The minimum atomic E-state index is -0.109. The molecule has 0 aliphatic heterocycles. The van der Waals surface area contributed by atoms with Crippen LogP contribution in [0.1, 0.15) is 0 Å². The summed E-state index contributed by atoms with van der Waals surface area (Å²) in [6.45, 7) is 0. The molecule has 3 nitrogen and oxygen atoms in total. The Hall–Kier alpha value is -0.380. The number of benzene rings is 1. The maximum Gasteiger partial charge on any atom is 1.00 e. The van der Waals surface area contributed by atoms with Crippen molar-refractivity contribution >= 4 is 5.69 Å². The Bertz CT molecular complexity index is 209. The quantitative estimate of drug-likeness (QED) is 0.344. The fraction of sp³-hybridized carbons (Fsp3) is 0. The Kier molecular flexibility index (Phi) is 4.27. The first-order valence-electron chi connectivity index (χ1n) is 2.43. The normalized spacial score (nSPS) is 8.00. The van der Waals surface area contributed by atoms with Crippen molar-refractivity contribution in [3.05, 3.63) is 29.2 Å². The molecule has 0 atom stereocenters. The monoisotopic (exact) mass is 145 g/mol. The van der Waals surface area contributed by atoms with Crippen LogP contribution in [0.2, 0.25) is 0 Å². The van der Waals surface area contributed by atoms with Crippen LogP contribution in [-0.4, -0.2) is 0 Å². The first-order chi connectivity index (χ1) is 4.33. The van der Waals surface area contributed by atoms with Gasteiger partial charge in [-0.3, -0.25) is 0 Å². The van der Waals surface area contributed by atoms with E-state index in [4.69, 9.17) is 0 Å². The molecule has 0 aliphatic rings. The second-order valence-corrected chi connectivity index (χ2v) is 1.59. The molecule has 0 bridgehead atoms. The zero-order chi connectivity index (χ0) is 6.69. The fourth-order valence-electron chi connectivity index (χ4n) is 0.507. The third-order valence-electron chi connectivity index (χ3n) is 0.942. The van der Waals surface area contributed by atoms with E-state index in [0.717, 1.165) is 0 Å². The van der Waals surface area contributed by atoms with Crippen molar-refractivity contribution in [2.24, 2.45) is 5.18 Å². The van der Waals surface area contributed by atoms with Gasteiger partial charge in [-0.15, -0.1) is 10.7 Å². The van der Waals surface area contributed by atoms with E-state index in [1.54, 1.807) is 0 Å². The molecule has 0 aliphatic carbocycles. The maximum absolute atomic E-state index is 10.4. The SMILES string of the molecule is O=Nc1ccc([O-])cc1.[Na+]. The Morgan fingerprint density at radius 1 is 1.20 bits per heavy atom. The predicted molar refractivity (Wildman–Crippen MR) is 31.3 cm³/mol. The van der Waals surface area contributed by atoms with Gasteiger partial charge < -0.3 is 5.11 Å². The molecule has 0 saturated carbocycles. The van der Waals surface area contributed by atoms with Crippen LogP contribution in [0.25, 0.3) is 0 Å². The van der Waals surface area contributed by atoms with Crippen LogP contribution in [0, 0.1) is 4.91 Å². The topological polar surface area (TPSA) is 52.5 Å². The van der Waals surface area contributed by atoms with Crippen LogP contribution in [0.3, 0.4) is 0 Å². The predicted octanol–water partition coefficient (Wildman–Crippen LogP) is -1.84. The molecular weight excluding hydrogens is 141 g/mol. The fourth-order valence-corrected chi connectivity index (χ4v) is 0.507. The smallest absolute Gasteiger partial charge is 0.872 e. The van der Waals surface area contributed by atoms with E-state index in [1.165, 1.54) is 24.3 Å². The average Bonchev–Trinajstić information content (AvgIpc) is 1.90. The molecular formula is C6H4NNaO2. The summed E-state index contributed by atoms with van der Waals surface area (Å²) in [5.74, 6) is -0.109. The van der Waals surface area contributed by atoms with Gasteiger partial charge in [0.25, 0.3) is 0 Å². The standard InChI is InChI=1S/C6H5NO2.Na/c8-6-3-1-5(7-9)2-4-6;/h1-4,8H;/q;+1/p-1. The molecule has 0 heterocycles. The van der Waals surface area contributed by atoms with E-state index >= 15 is 0 Å². The van der Waals surface area contributed by atoms with Gasteiger partial charge in [0.05, 0.1) is 0 Å². The van der Waals surface area contributed by atoms with Crippen molar-refractivity contribution in [2.45, 2.75) is 0 Å². The molecule has 46 valence electrons. The largest absolute Gasteiger partial charge is 1.00 e. The van der Waals surface area contributed by atoms with Crippen LogP contribution in [-0.2, 0) is 0 Å². The first-order valence-corrected chi connectivity index (χ1v) is 2.43. The maximum atomic E-state index is 10.4. The first kappa shape index (κ1) is 9.62. The second kappa shape index (κ2) is 4.44. The molecule has 0 fully saturated rings. The molecule has 4 heteroatoms. The van der Waals surface area contributed by atoms with Crippen LogP contribution < -0.4 is 34.7 Å². The molecule has 1 aromatic rings. The summed E-state index contributed by atoms with van der Waals surface area (Å²) in [5, 5.41) is 13.0. The van der Waals surface area contributed by atoms with Crippen molar-refractivity contribution in [1.82, 2.24) is 0 Å². The molecule has 0 amide bonds. The molecule has 0 N–H and O–H groups in total. The second-order valence-electron chi connectivity index (χ2n) is 1.59. The summed E-state index contributed by atoms with van der Waals surface area (Å²) >= 11 is 0. The van der Waals surface area contributed by atoms with Crippen LogP contribution in [0.15, 0.2) is 29.4 Å². The van der Waals surface area contributed by atoms with Crippen molar-refractivity contribution < 1.29 is 34.7 Å². The van der Waals surface area contributed by atoms with Crippen LogP contribution in [0.5, 0.6) is 5.75 Å². The van der Waals surface area contributed by atoms with E-state index in [9.17, 15) is 10.0 Å². The Morgan fingerprint density at radius 3 is 2.10 bits per heavy atom. The van der Waals surface area contributed by atoms with E-state index in [2.05, 4.69) is 5.18 Å². The van der Waals surface area contributed by atoms with Gasteiger partial charge in [0.1, 0.15) is 5.69 Å². The summed E-state index contributed by atoms with van der Waals surface area (Å²) < 4.78 is 0. The van der Waals surface area contributed by atoms with Gasteiger partial charge in [-0.1, -0.05) is 12.1 Å². The van der Waals surface area contributed by atoms with E-state index < -0.39 is 0 Å². The number of hydrogen-bond acceptors (Lipinski definition) is 3. The zero-order valence-corrected chi connectivity index (χ0v) is 7.57.